The summed E-state index contributed by atoms with van der Waals surface area (Å²) < 4.78 is 1.63. The maximum absolute atomic E-state index is 11.7. The van der Waals surface area contributed by atoms with Gasteiger partial charge in [0.25, 0.3) is 5.91 Å². The van der Waals surface area contributed by atoms with Crippen molar-refractivity contribution in [3.63, 3.8) is 0 Å². The predicted octanol–water partition coefficient (Wildman–Crippen LogP) is 0.649. The van der Waals surface area contributed by atoms with E-state index in [1.54, 1.807) is 24.7 Å². The van der Waals surface area contributed by atoms with Crippen LogP contribution in [0.2, 0.25) is 0 Å². The van der Waals surface area contributed by atoms with Crippen LogP contribution in [0.25, 0.3) is 0 Å². The molecule has 1 aromatic heterocycles. The topological polar surface area (TPSA) is 84.2 Å². The minimum Gasteiger partial charge on any atom is -0.480 e. The van der Waals surface area contributed by atoms with E-state index in [2.05, 4.69) is 10.3 Å². The Bertz CT molecular complexity index is 414. The number of rotatable bonds is 5. The first-order valence-corrected chi connectivity index (χ1v) is 5.47. The number of aliphatic carboxylic acids is 1. The molecule has 0 saturated carbocycles. The van der Waals surface area contributed by atoms with Crippen LogP contribution in [-0.2, 0) is 11.8 Å². The van der Waals surface area contributed by atoms with Gasteiger partial charge < -0.3 is 15.0 Å². The van der Waals surface area contributed by atoms with Crippen molar-refractivity contribution in [2.75, 3.05) is 0 Å². The molecule has 0 aliphatic carbocycles. The fraction of sp³-hybridized carbons (Fsp3) is 0.545. The molecular weight excluding hydrogens is 222 g/mol. The molecule has 1 unspecified atom stereocenters. The largest absolute Gasteiger partial charge is 0.480 e. The second kappa shape index (κ2) is 5.47. The van der Waals surface area contributed by atoms with Crippen molar-refractivity contribution in [3.05, 3.63) is 18.2 Å². The molecule has 0 aliphatic rings. The van der Waals surface area contributed by atoms with Gasteiger partial charge >= 0.3 is 5.97 Å². The lowest BCUT2D eigenvalue weighted by atomic mass is 9.99. The summed E-state index contributed by atoms with van der Waals surface area (Å²) in [6.07, 6.45) is 3.72. The summed E-state index contributed by atoms with van der Waals surface area (Å²) >= 11 is 0. The molecule has 1 rings (SSSR count). The van der Waals surface area contributed by atoms with Crippen LogP contribution in [0.4, 0.5) is 0 Å². The molecule has 2 atom stereocenters. The standard InChI is InChI=1S/C11H17N3O3/c1-4-7(2)9(11(16)17)13-10(15)8-5-14(3)6-12-8/h5-7,9H,4H2,1-3H3,(H,13,15)(H,16,17)/t7?,9-/m0/s1. The van der Waals surface area contributed by atoms with Crippen LogP contribution in [0, 0.1) is 5.92 Å². The van der Waals surface area contributed by atoms with Crippen molar-refractivity contribution in [1.29, 1.82) is 0 Å². The van der Waals surface area contributed by atoms with Crippen LogP contribution in [-0.4, -0.2) is 32.6 Å². The van der Waals surface area contributed by atoms with Gasteiger partial charge in [0.2, 0.25) is 0 Å². The average molecular weight is 239 g/mol. The minimum atomic E-state index is -1.02. The van der Waals surface area contributed by atoms with Gasteiger partial charge in [-0.25, -0.2) is 9.78 Å². The van der Waals surface area contributed by atoms with Crippen LogP contribution < -0.4 is 5.32 Å². The van der Waals surface area contributed by atoms with Crippen LogP contribution in [0.5, 0.6) is 0 Å². The second-order valence-electron chi connectivity index (χ2n) is 4.10. The maximum Gasteiger partial charge on any atom is 0.326 e. The highest BCUT2D eigenvalue weighted by Gasteiger charge is 2.26. The van der Waals surface area contributed by atoms with E-state index in [0.717, 1.165) is 0 Å². The molecule has 2 N–H and O–H groups in total. The van der Waals surface area contributed by atoms with Crippen LogP contribution in [0.1, 0.15) is 30.8 Å². The Labute approximate surface area is 99.7 Å². The first kappa shape index (κ1) is 13.2. The predicted molar refractivity (Wildman–Crippen MR) is 61.6 cm³/mol. The summed E-state index contributed by atoms with van der Waals surface area (Å²) in [5.74, 6) is -1.61. The zero-order valence-corrected chi connectivity index (χ0v) is 10.2. The molecule has 94 valence electrons. The fourth-order valence-electron chi connectivity index (χ4n) is 1.43. The van der Waals surface area contributed by atoms with Crippen LogP contribution in [0.3, 0.4) is 0 Å². The first-order valence-electron chi connectivity index (χ1n) is 5.47. The van der Waals surface area contributed by atoms with Crippen LogP contribution >= 0.6 is 0 Å². The number of nitrogens with one attached hydrogen (secondary N) is 1. The Morgan fingerprint density at radius 1 is 1.59 bits per heavy atom. The maximum atomic E-state index is 11.7. The van der Waals surface area contributed by atoms with Gasteiger partial charge in [-0.3, -0.25) is 4.79 Å². The Hall–Kier alpha value is -1.85. The molecule has 0 aliphatic heterocycles. The van der Waals surface area contributed by atoms with E-state index >= 15 is 0 Å². The summed E-state index contributed by atoms with van der Waals surface area (Å²) in [7, 11) is 1.74. The molecule has 1 amide bonds. The van der Waals surface area contributed by atoms with E-state index < -0.39 is 17.9 Å². The van der Waals surface area contributed by atoms with Crippen molar-refractivity contribution in [3.8, 4) is 0 Å². The summed E-state index contributed by atoms with van der Waals surface area (Å²) in [4.78, 5) is 26.6. The lowest BCUT2D eigenvalue weighted by Crippen LogP contribution is -2.45. The number of amides is 1. The molecule has 6 nitrogen and oxygen atoms in total. The lowest BCUT2D eigenvalue weighted by Gasteiger charge is -2.19. The Balaban J connectivity index is 2.74. The van der Waals surface area contributed by atoms with Gasteiger partial charge in [0.05, 0.1) is 6.33 Å². The Kier molecular flexibility index (Phi) is 4.25. The number of nitrogens with zero attached hydrogens (tertiary/aromatic N) is 2. The quantitative estimate of drug-likeness (QED) is 0.790. The molecule has 1 heterocycles. The van der Waals surface area contributed by atoms with Crippen molar-refractivity contribution < 1.29 is 14.7 Å². The molecular formula is C11H17N3O3. The Morgan fingerprint density at radius 2 is 2.24 bits per heavy atom. The normalized spacial score (nSPS) is 14.1. The number of carbonyl (C=O) groups excluding carboxylic acids is 1. The third-order valence-electron chi connectivity index (χ3n) is 2.70. The third kappa shape index (κ3) is 3.30. The lowest BCUT2D eigenvalue weighted by molar-refractivity contribution is -0.140. The summed E-state index contributed by atoms with van der Waals surface area (Å²) in [6, 6.07) is -0.880. The highest BCUT2D eigenvalue weighted by molar-refractivity contribution is 5.94. The van der Waals surface area contributed by atoms with Crippen molar-refractivity contribution in [2.24, 2.45) is 13.0 Å². The van der Waals surface area contributed by atoms with Crippen molar-refractivity contribution in [2.45, 2.75) is 26.3 Å². The first-order chi connectivity index (χ1) is 7.95. The van der Waals surface area contributed by atoms with E-state index in [9.17, 15) is 9.59 Å². The van der Waals surface area contributed by atoms with Crippen LogP contribution in [0.15, 0.2) is 12.5 Å². The monoisotopic (exact) mass is 239 g/mol. The minimum absolute atomic E-state index is 0.125. The summed E-state index contributed by atoms with van der Waals surface area (Å²) in [5, 5.41) is 11.5. The molecule has 0 fully saturated rings. The molecule has 0 saturated heterocycles. The van der Waals surface area contributed by atoms with E-state index in [4.69, 9.17) is 5.11 Å². The third-order valence-corrected chi connectivity index (χ3v) is 2.70. The van der Waals surface area contributed by atoms with Crippen molar-refractivity contribution in [1.82, 2.24) is 14.9 Å². The van der Waals surface area contributed by atoms with Crippen molar-refractivity contribution >= 4 is 11.9 Å². The molecule has 0 radical (unpaired) electrons. The summed E-state index contributed by atoms with van der Waals surface area (Å²) in [5.41, 5.74) is 0.224. The van der Waals surface area contributed by atoms with E-state index in [0.29, 0.717) is 6.42 Å². The highest BCUT2D eigenvalue weighted by Crippen LogP contribution is 2.08. The van der Waals surface area contributed by atoms with Gasteiger partial charge in [0.1, 0.15) is 11.7 Å². The number of hydrogen-bond donors (Lipinski definition) is 2. The fourth-order valence-corrected chi connectivity index (χ4v) is 1.43. The number of hydrogen-bond acceptors (Lipinski definition) is 3. The van der Waals surface area contributed by atoms with Gasteiger partial charge in [-0.05, 0) is 5.92 Å². The summed E-state index contributed by atoms with van der Waals surface area (Å²) in [6.45, 7) is 3.67. The molecule has 0 bridgehead atoms. The second-order valence-corrected chi connectivity index (χ2v) is 4.10. The van der Waals surface area contributed by atoms with E-state index in [1.807, 2.05) is 6.92 Å². The van der Waals surface area contributed by atoms with Gasteiger partial charge in [-0.2, -0.15) is 0 Å². The number of aromatic nitrogens is 2. The zero-order valence-electron chi connectivity index (χ0n) is 10.2. The SMILES string of the molecule is CCC(C)[C@H](NC(=O)c1cn(C)cn1)C(=O)O. The van der Waals surface area contributed by atoms with Gasteiger partial charge in [0, 0.05) is 13.2 Å². The number of carboxylic acid groups (broad SMARTS) is 1. The van der Waals surface area contributed by atoms with Gasteiger partial charge in [0.15, 0.2) is 0 Å². The average Bonchev–Trinajstić information content (AvgIpc) is 2.71. The number of carbonyl (C=O) groups is 2. The van der Waals surface area contributed by atoms with E-state index in [1.165, 1.54) is 6.33 Å². The zero-order chi connectivity index (χ0) is 13.0. The molecule has 0 spiro atoms. The molecule has 6 heteroatoms. The smallest absolute Gasteiger partial charge is 0.326 e. The number of carboxylic acids is 1. The molecule has 1 aromatic rings. The van der Waals surface area contributed by atoms with Gasteiger partial charge in [-0.1, -0.05) is 20.3 Å². The molecule has 17 heavy (non-hydrogen) atoms. The van der Waals surface area contributed by atoms with E-state index in [-0.39, 0.29) is 11.6 Å². The highest BCUT2D eigenvalue weighted by atomic mass is 16.4. The number of imidazole rings is 1. The Morgan fingerprint density at radius 3 is 2.65 bits per heavy atom. The number of aryl methyl sites for hydroxylation is 1. The molecule has 0 aromatic carbocycles. The van der Waals surface area contributed by atoms with Gasteiger partial charge in [-0.15, -0.1) is 0 Å².